The molecule has 3 rings (SSSR count). The molecule has 0 amide bonds. The Hall–Kier alpha value is -1.09. The highest BCUT2D eigenvalue weighted by Crippen LogP contribution is 2.28. The molecular formula is C15H21FN2. The lowest BCUT2D eigenvalue weighted by Crippen LogP contribution is -2.27. The Balaban J connectivity index is 1.61. The summed E-state index contributed by atoms with van der Waals surface area (Å²) in [5, 5.41) is 3.60. The van der Waals surface area contributed by atoms with E-state index in [2.05, 4.69) is 10.2 Å². The summed E-state index contributed by atoms with van der Waals surface area (Å²) in [5.74, 6) is 0.625. The van der Waals surface area contributed by atoms with Gasteiger partial charge in [0.15, 0.2) is 0 Å². The molecule has 1 N–H and O–H groups in total. The third kappa shape index (κ3) is 2.51. The first-order valence-corrected chi connectivity index (χ1v) is 6.97. The summed E-state index contributed by atoms with van der Waals surface area (Å²) in [6.07, 6.45) is 3.91. The topological polar surface area (TPSA) is 15.3 Å². The largest absolute Gasteiger partial charge is 0.371 e. The van der Waals surface area contributed by atoms with Gasteiger partial charge in [-0.15, -0.1) is 0 Å². The summed E-state index contributed by atoms with van der Waals surface area (Å²) in [5.41, 5.74) is 1.86. The van der Waals surface area contributed by atoms with Crippen LogP contribution < -0.4 is 10.2 Å². The third-order valence-corrected chi connectivity index (χ3v) is 4.14. The average molecular weight is 248 g/mol. The maximum absolute atomic E-state index is 13.6. The van der Waals surface area contributed by atoms with Crippen LogP contribution in [-0.2, 0) is 0 Å². The highest BCUT2D eigenvalue weighted by Gasteiger charge is 2.27. The van der Waals surface area contributed by atoms with Crippen LogP contribution in [0.5, 0.6) is 0 Å². The molecule has 3 heteroatoms. The van der Waals surface area contributed by atoms with Crippen LogP contribution in [0.15, 0.2) is 18.2 Å². The van der Waals surface area contributed by atoms with Gasteiger partial charge in [-0.3, -0.25) is 0 Å². The normalized spacial score (nSPS) is 23.7. The van der Waals surface area contributed by atoms with Crippen LogP contribution in [0.1, 0.15) is 24.8 Å². The van der Waals surface area contributed by atoms with Crippen molar-refractivity contribution in [3.63, 3.8) is 0 Å². The van der Waals surface area contributed by atoms with E-state index in [9.17, 15) is 4.39 Å². The van der Waals surface area contributed by atoms with Crippen molar-refractivity contribution in [2.75, 3.05) is 24.5 Å². The molecule has 2 fully saturated rings. The Kier molecular flexibility index (Phi) is 3.25. The van der Waals surface area contributed by atoms with Gasteiger partial charge < -0.3 is 10.2 Å². The van der Waals surface area contributed by atoms with Crippen LogP contribution in [0.4, 0.5) is 10.1 Å². The Morgan fingerprint density at radius 2 is 2.17 bits per heavy atom. The van der Waals surface area contributed by atoms with E-state index in [1.54, 1.807) is 6.07 Å². The quantitative estimate of drug-likeness (QED) is 0.881. The van der Waals surface area contributed by atoms with Gasteiger partial charge in [0, 0.05) is 30.4 Å². The smallest absolute Gasteiger partial charge is 0.128 e. The Bertz CT molecular complexity index is 429. The minimum absolute atomic E-state index is 0.0907. The molecule has 1 aromatic rings. The SMILES string of the molecule is Cc1c(F)cccc1N1CCC(CNC2CC2)C1. The minimum atomic E-state index is -0.0907. The number of hydrogen-bond acceptors (Lipinski definition) is 2. The van der Waals surface area contributed by atoms with Crippen LogP contribution in [0.2, 0.25) is 0 Å². The van der Waals surface area contributed by atoms with E-state index in [1.807, 2.05) is 19.1 Å². The van der Waals surface area contributed by atoms with E-state index in [4.69, 9.17) is 0 Å². The van der Waals surface area contributed by atoms with Crippen LogP contribution in [-0.4, -0.2) is 25.7 Å². The number of benzene rings is 1. The standard InChI is InChI=1S/C15H21FN2/c1-11-14(16)3-2-4-15(11)18-8-7-12(10-18)9-17-13-5-6-13/h2-4,12-13,17H,5-10H2,1H3. The van der Waals surface area contributed by atoms with Gasteiger partial charge in [0.05, 0.1) is 0 Å². The molecule has 2 nitrogen and oxygen atoms in total. The molecule has 1 atom stereocenters. The first-order valence-electron chi connectivity index (χ1n) is 6.97. The van der Waals surface area contributed by atoms with Gasteiger partial charge >= 0.3 is 0 Å². The van der Waals surface area contributed by atoms with Crippen molar-refractivity contribution in [2.24, 2.45) is 5.92 Å². The lowest BCUT2D eigenvalue weighted by atomic mass is 10.1. The van der Waals surface area contributed by atoms with Crippen LogP contribution in [0.3, 0.4) is 0 Å². The maximum Gasteiger partial charge on any atom is 0.128 e. The lowest BCUT2D eigenvalue weighted by molar-refractivity contribution is 0.515. The number of nitrogens with zero attached hydrogens (tertiary/aromatic N) is 1. The van der Waals surface area contributed by atoms with E-state index in [0.29, 0.717) is 5.92 Å². The zero-order chi connectivity index (χ0) is 12.5. The Morgan fingerprint density at radius 1 is 1.33 bits per heavy atom. The molecule has 0 radical (unpaired) electrons. The molecular weight excluding hydrogens is 227 g/mol. The highest BCUT2D eigenvalue weighted by atomic mass is 19.1. The second-order valence-corrected chi connectivity index (χ2v) is 5.67. The second kappa shape index (κ2) is 4.88. The predicted molar refractivity (Wildman–Crippen MR) is 72.5 cm³/mol. The van der Waals surface area contributed by atoms with Crippen molar-refractivity contribution in [1.82, 2.24) is 5.32 Å². The fourth-order valence-corrected chi connectivity index (χ4v) is 2.78. The average Bonchev–Trinajstić information content (AvgIpc) is 3.08. The van der Waals surface area contributed by atoms with Gasteiger partial charge in [0.2, 0.25) is 0 Å². The van der Waals surface area contributed by atoms with E-state index >= 15 is 0 Å². The van der Waals surface area contributed by atoms with Gasteiger partial charge in [-0.2, -0.15) is 0 Å². The van der Waals surface area contributed by atoms with E-state index in [0.717, 1.165) is 36.9 Å². The van der Waals surface area contributed by atoms with Gasteiger partial charge in [0.1, 0.15) is 5.82 Å². The van der Waals surface area contributed by atoms with E-state index < -0.39 is 0 Å². The fraction of sp³-hybridized carbons (Fsp3) is 0.600. The zero-order valence-corrected chi connectivity index (χ0v) is 11.0. The number of nitrogens with one attached hydrogen (secondary N) is 1. The van der Waals surface area contributed by atoms with Gasteiger partial charge in [0.25, 0.3) is 0 Å². The molecule has 1 unspecified atom stereocenters. The zero-order valence-electron chi connectivity index (χ0n) is 11.0. The predicted octanol–water partition coefficient (Wildman–Crippen LogP) is 2.71. The number of halogens is 1. The second-order valence-electron chi connectivity index (χ2n) is 5.67. The lowest BCUT2D eigenvalue weighted by Gasteiger charge is -2.21. The van der Waals surface area contributed by atoms with Crippen LogP contribution >= 0.6 is 0 Å². The molecule has 0 aromatic heterocycles. The summed E-state index contributed by atoms with van der Waals surface area (Å²) in [6.45, 7) is 5.11. The summed E-state index contributed by atoms with van der Waals surface area (Å²) in [7, 11) is 0. The molecule has 18 heavy (non-hydrogen) atoms. The number of hydrogen-bond donors (Lipinski definition) is 1. The summed E-state index contributed by atoms with van der Waals surface area (Å²) in [4.78, 5) is 2.33. The van der Waals surface area contributed by atoms with Gasteiger partial charge in [-0.1, -0.05) is 6.07 Å². The molecule has 1 aromatic carbocycles. The summed E-state index contributed by atoms with van der Waals surface area (Å²) < 4.78 is 13.6. The minimum Gasteiger partial charge on any atom is -0.371 e. The summed E-state index contributed by atoms with van der Waals surface area (Å²) >= 11 is 0. The third-order valence-electron chi connectivity index (χ3n) is 4.14. The fourth-order valence-electron chi connectivity index (χ4n) is 2.78. The molecule has 1 saturated carbocycles. The molecule has 98 valence electrons. The van der Waals surface area contributed by atoms with E-state index in [-0.39, 0.29) is 5.82 Å². The van der Waals surface area contributed by atoms with Crippen molar-refractivity contribution in [3.8, 4) is 0 Å². The first kappa shape index (κ1) is 12.0. The molecule has 1 aliphatic heterocycles. The molecule has 1 aliphatic carbocycles. The molecule has 0 spiro atoms. The van der Waals surface area contributed by atoms with Crippen molar-refractivity contribution in [3.05, 3.63) is 29.6 Å². The monoisotopic (exact) mass is 248 g/mol. The molecule has 1 saturated heterocycles. The van der Waals surface area contributed by atoms with E-state index in [1.165, 1.54) is 19.3 Å². The van der Waals surface area contributed by atoms with Crippen LogP contribution in [0, 0.1) is 18.7 Å². The Morgan fingerprint density at radius 3 is 2.94 bits per heavy atom. The van der Waals surface area contributed by atoms with Crippen LogP contribution in [0.25, 0.3) is 0 Å². The summed E-state index contributed by atoms with van der Waals surface area (Å²) in [6, 6.07) is 6.18. The van der Waals surface area contributed by atoms with Crippen molar-refractivity contribution in [2.45, 2.75) is 32.2 Å². The maximum atomic E-state index is 13.6. The van der Waals surface area contributed by atoms with Gasteiger partial charge in [-0.25, -0.2) is 4.39 Å². The Labute approximate surface area is 108 Å². The molecule has 2 aliphatic rings. The number of anilines is 1. The van der Waals surface area contributed by atoms with Crippen molar-refractivity contribution in [1.29, 1.82) is 0 Å². The first-order chi connectivity index (χ1) is 8.74. The highest BCUT2D eigenvalue weighted by molar-refractivity contribution is 5.54. The molecule has 0 bridgehead atoms. The van der Waals surface area contributed by atoms with Crippen molar-refractivity contribution < 1.29 is 4.39 Å². The number of rotatable bonds is 4. The van der Waals surface area contributed by atoms with Gasteiger partial charge in [-0.05, 0) is 50.8 Å². The van der Waals surface area contributed by atoms with Crippen molar-refractivity contribution >= 4 is 5.69 Å². The molecule has 1 heterocycles.